The highest BCUT2D eigenvalue weighted by molar-refractivity contribution is 6.47. The molecule has 7 N–H and O–H groups in total. The summed E-state index contributed by atoms with van der Waals surface area (Å²) in [5.41, 5.74) is -0.769. The fourth-order valence-corrected chi connectivity index (χ4v) is 3.92. The van der Waals surface area contributed by atoms with Crippen LogP contribution in [0, 0.1) is 0 Å². The number of benzene rings is 1. The number of aromatic hydroxyl groups is 2. The first-order valence-corrected chi connectivity index (χ1v) is 11.0. The number of hydrogen-bond donors (Lipinski definition) is 7. The van der Waals surface area contributed by atoms with Crippen LogP contribution in [-0.2, 0) is 20.8 Å². The average molecular weight is 526 g/mol. The first kappa shape index (κ1) is 27.5. The number of halogens is 1. The molecule has 2 aliphatic rings. The number of phenolic OH excluding ortho intramolecular Hbond substituents is 1. The Kier molecular flexibility index (Phi) is 8.07. The number of nitrogens with zero attached hydrogens (tertiary/aromatic N) is 2. The number of alkyl halides is 1. The van der Waals surface area contributed by atoms with Crippen molar-refractivity contribution in [3.05, 3.63) is 17.2 Å². The zero-order valence-corrected chi connectivity index (χ0v) is 19.4. The highest BCUT2D eigenvalue weighted by atomic mass is 19.1. The van der Waals surface area contributed by atoms with Gasteiger partial charge in [-0.25, -0.2) is 14.0 Å². The number of piperazine rings is 1. The van der Waals surface area contributed by atoms with Crippen LogP contribution in [0.5, 0.6) is 17.2 Å². The molecular formula is C20H24BFN4O11. The molecule has 0 bridgehead atoms. The van der Waals surface area contributed by atoms with Crippen LogP contribution in [0.1, 0.15) is 22.8 Å². The number of nitrogens with one attached hydrogen (secondary N) is 2. The van der Waals surface area contributed by atoms with Crippen LogP contribution >= 0.6 is 0 Å². The summed E-state index contributed by atoms with van der Waals surface area (Å²) in [6, 6.07) is -1.85. The molecule has 1 aromatic carbocycles. The molecule has 0 aromatic heterocycles. The summed E-state index contributed by atoms with van der Waals surface area (Å²) in [6.45, 7) is -0.453. The average Bonchev–Trinajstić information content (AvgIpc) is 2.82. The number of fused-ring (bicyclic) bond motifs is 1. The number of carbonyl (C=O) groups is 5. The number of carbonyl (C=O) groups excluding carboxylic acids is 4. The number of amides is 5. The predicted octanol–water partition coefficient (Wildman–Crippen LogP) is -2.67. The van der Waals surface area contributed by atoms with Crippen molar-refractivity contribution in [3.63, 3.8) is 0 Å². The second-order valence-electron chi connectivity index (χ2n) is 8.35. The summed E-state index contributed by atoms with van der Waals surface area (Å²) in [4.78, 5) is 62.6. The minimum absolute atomic E-state index is 0.0243. The van der Waals surface area contributed by atoms with Crippen LogP contribution in [0.15, 0.2) is 6.07 Å². The summed E-state index contributed by atoms with van der Waals surface area (Å²) in [6.07, 6.45) is -1.79. The number of urea groups is 1. The van der Waals surface area contributed by atoms with Crippen LogP contribution < -0.4 is 15.3 Å². The van der Waals surface area contributed by atoms with Crippen molar-refractivity contribution in [1.82, 2.24) is 20.4 Å². The summed E-state index contributed by atoms with van der Waals surface area (Å²) in [5.74, 6) is -8.45. The Hall–Kier alpha value is -4.12. The van der Waals surface area contributed by atoms with E-state index in [4.69, 9.17) is 4.65 Å². The molecule has 0 saturated carbocycles. The number of aliphatic hydroxyl groups is 1. The van der Waals surface area contributed by atoms with Gasteiger partial charge in [0.25, 0.3) is 0 Å². The van der Waals surface area contributed by atoms with E-state index in [9.17, 15) is 53.8 Å². The third kappa shape index (κ3) is 5.51. The Labute approximate surface area is 208 Å². The maximum absolute atomic E-state index is 12.9. The highest BCUT2D eigenvalue weighted by Gasteiger charge is 2.42. The molecule has 0 radical (unpaired) electrons. The number of carboxylic acid groups (broad SMARTS) is 1. The molecule has 2 unspecified atom stereocenters. The summed E-state index contributed by atoms with van der Waals surface area (Å²) >= 11 is 0. The van der Waals surface area contributed by atoms with Crippen molar-refractivity contribution < 1.29 is 58.5 Å². The fraction of sp³-hybridized carbons (Fsp3) is 0.450. The van der Waals surface area contributed by atoms with Gasteiger partial charge in [0.05, 0.1) is 12.0 Å². The summed E-state index contributed by atoms with van der Waals surface area (Å²) < 4.78 is 17.7. The smallest absolute Gasteiger partial charge is 0.534 e. The number of imide groups is 1. The molecule has 5 amide bonds. The molecule has 3 rings (SSSR count). The first-order chi connectivity index (χ1) is 17.4. The number of aromatic carboxylic acids is 1. The molecule has 1 aromatic rings. The normalized spacial score (nSPS) is 19.0. The molecule has 17 heteroatoms. The topological polar surface area (TPSA) is 226 Å². The molecule has 0 spiro atoms. The second-order valence-corrected chi connectivity index (χ2v) is 8.35. The molecule has 200 valence electrons. The standard InChI is InChI=1S/C20H24BFN4O11/c1-8(27)13(24-20(35)26-5-4-25(3-2-22)17(31)18(26)32)16(30)23-11-7-9-6-10(28)14(29)12(19(33)34)15(9)37-21(11)36/h6,8,11,13,27-29,36H,2-5,7H2,1H3,(H,23,30)(H,24,35)(H,33,34)/t8?,11-,13?/m0/s1. The van der Waals surface area contributed by atoms with E-state index in [1.165, 1.54) is 0 Å². The minimum Gasteiger partial charge on any atom is -0.534 e. The summed E-state index contributed by atoms with van der Waals surface area (Å²) in [5, 5.41) is 53.8. The Morgan fingerprint density at radius 1 is 1.24 bits per heavy atom. The molecule has 1 saturated heterocycles. The second kappa shape index (κ2) is 10.9. The minimum atomic E-state index is -1.83. The van der Waals surface area contributed by atoms with Gasteiger partial charge in [-0.1, -0.05) is 0 Å². The van der Waals surface area contributed by atoms with E-state index >= 15 is 0 Å². The lowest BCUT2D eigenvalue weighted by molar-refractivity contribution is -0.153. The van der Waals surface area contributed by atoms with Crippen molar-refractivity contribution in [2.24, 2.45) is 0 Å². The van der Waals surface area contributed by atoms with E-state index in [0.29, 0.717) is 4.90 Å². The zero-order chi connectivity index (χ0) is 27.6. The van der Waals surface area contributed by atoms with Crippen LogP contribution in [-0.4, -0.2) is 116 Å². The molecule has 3 atom stereocenters. The highest BCUT2D eigenvalue weighted by Crippen LogP contribution is 2.41. The number of hydrogen-bond acceptors (Lipinski definition) is 10. The van der Waals surface area contributed by atoms with Gasteiger partial charge in [0.1, 0.15) is 24.0 Å². The van der Waals surface area contributed by atoms with E-state index in [0.717, 1.165) is 17.9 Å². The van der Waals surface area contributed by atoms with Crippen molar-refractivity contribution in [2.45, 2.75) is 31.4 Å². The molecule has 2 heterocycles. The van der Waals surface area contributed by atoms with Gasteiger partial charge in [-0.05, 0) is 25.0 Å². The lowest BCUT2D eigenvalue weighted by Gasteiger charge is -2.34. The number of rotatable bonds is 7. The molecule has 0 aliphatic carbocycles. The number of carboxylic acids is 1. The van der Waals surface area contributed by atoms with Gasteiger partial charge in [0.15, 0.2) is 11.5 Å². The molecule has 37 heavy (non-hydrogen) atoms. The third-order valence-electron chi connectivity index (χ3n) is 5.83. The van der Waals surface area contributed by atoms with Gasteiger partial charge in [-0.15, -0.1) is 0 Å². The molecule has 15 nitrogen and oxygen atoms in total. The van der Waals surface area contributed by atoms with Crippen molar-refractivity contribution in [3.8, 4) is 17.2 Å². The van der Waals surface area contributed by atoms with Crippen LogP contribution in [0.2, 0.25) is 0 Å². The maximum atomic E-state index is 12.9. The van der Waals surface area contributed by atoms with Crippen molar-refractivity contribution in [1.29, 1.82) is 0 Å². The largest absolute Gasteiger partial charge is 0.547 e. The van der Waals surface area contributed by atoms with Gasteiger partial charge < -0.3 is 45.6 Å². The SMILES string of the molecule is CC(O)C(NC(=O)N1CCN(CCF)C(=O)C1=O)C(=O)N[C@H]1Cc2cc(O)c(O)c(C(=O)O)c2OB1O. The molecular weight excluding hydrogens is 502 g/mol. The Balaban J connectivity index is 1.72. The van der Waals surface area contributed by atoms with Gasteiger partial charge in [0, 0.05) is 19.6 Å². The van der Waals surface area contributed by atoms with Crippen LogP contribution in [0.25, 0.3) is 0 Å². The quantitative estimate of drug-likeness (QED) is 0.110. The van der Waals surface area contributed by atoms with E-state index in [1.54, 1.807) is 0 Å². The van der Waals surface area contributed by atoms with E-state index in [1.807, 2.05) is 0 Å². The van der Waals surface area contributed by atoms with Crippen LogP contribution in [0.3, 0.4) is 0 Å². The Morgan fingerprint density at radius 3 is 2.51 bits per heavy atom. The van der Waals surface area contributed by atoms with E-state index < -0.39 is 84.4 Å². The maximum Gasteiger partial charge on any atom is 0.547 e. The van der Waals surface area contributed by atoms with Gasteiger partial charge in [0.2, 0.25) is 5.91 Å². The number of phenols is 2. The molecule has 1 fully saturated rings. The van der Waals surface area contributed by atoms with E-state index in [2.05, 4.69) is 10.6 Å². The fourth-order valence-electron chi connectivity index (χ4n) is 3.92. The third-order valence-corrected chi connectivity index (χ3v) is 5.83. The monoisotopic (exact) mass is 526 g/mol. The Morgan fingerprint density at radius 2 is 1.92 bits per heavy atom. The summed E-state index contributed by atoms with van der Waals surface area (Å²) in [7, 11) is -1.83. The number of aliphatic hydroxyl groups excluding tert-OH is 1. The van der Waals surface area contributed by atoms with Crippen molar-refractivity contribution >= 4 is 36.8 Å². The van der Waals surface area contributed by atoms with E-state index in [-0.39, 0.29) is 31.6 Å². The lowest BCUT2D eigenvalue weighted by Crippen LogP contribution is -2.63. The van der Waals surface area contributed by atoms with Gasteiger partial charge in [-0.3, -0.25) is 19.3 Å². The predicted molar refractivity (Wildman–Crippen MR) is 119 cm³/mol. The van der Waals surface area contributed by atoms with Gasteiger partial charge in [-0.2, -0.15) is 0 Å². The van der Waals surface area contributed by atoms with Gasteiger partial charge >= 0.3 is 30.9 Å². The van der Waals surface area contributed by atoms with Crippen LogP contribution in [0.4, 0.5) is 9.18 Å². The Bertz CT molecular complexity index is 1130. The zero-order valence-electron chi connectivity index (χ0n) is 19.4. The molecule has 2 aliphatic heterocycles. The lowest BCUT2D eigenvalue weighted by atomic mass is 9.72. The van der Waals surface area contributed by atoms with Crippen molar-refractivity contribution in [2.75, 3.05) is 26.3 Å². The first-order valence-electron chi connectivity index (χ1n) is 11.0.